The van der Waals surface area contributed by atoms with E-state index < -0.39 is 12.1 Å². The molecule has 0 aliphatic carbocycles. The number of hydrogen-bond acceptors (Lipinski definition) is 5. The Hall–Kier alpha value is -2.04. The third-order valence-electron chi connectivity index (χ3n) is 1.73. The lowest BCUT2D eigenvalue weighted by atomic mass is 10.2. The van der Waals surface area contributed by atoms with Crippen LogP contribution in [0.3, 0.4) is 0 Å². The van der Waals surface area contributed by atoms with Gasteiger partial charge in [-0.1, -0.05) is 0 Å². The topological polar surface area (TPSA) is 61.8 Å². The lowest BCUT2D eigenvalue weighted by Gasteiger charge is -2.04. The molecule has 0 bridgehead atoms. The van der Waals surface area contributed by atoms with Gasteiger partial charge in [0.2, 0.25) is 0 Å². The zero-order chi connectivity index (χ0) is 12.0. The Labute approximate surface area is 92.9 Å². The Bertz CT molecular complexity index is 368. The minimum absolute atomic E-state index is 0.305. The minimum atomic E-state index is -0.802. The van der Waals surface area contributed by atoms with E-state index in [9.17, 15) is 9.59 Å². The number of carbonyl (C=O) groups excluding carboxylic acids is 2. The molecule has 16 heavy (non-hydrogen) atoms. The summed E-state index contributed by atoms with van der Waals surface area (Å²) in [5, 5.41) is 0. The summed E-state index contributed by atoms with van der Waals surface area (Å²) in [4.78, 5) is 22.0. The molecule has 0 radical (unpaired) electrons. The fourth-order valence-electron chi connectivity index (χ4n) is 1.01. The Balaban J connectivity index is 2.67. The van der Waals surface area contributed by atoms with Crippen molar-refractivity contribution >= 4 is 12.1 Å². The van der Waals surface area contributed by atoms with Crippen molar-refractivity contribution in [3.63, 3.8) is 0 Å². The van der Waals surface area contributed by atoms with Crippen molar-refractivity contribution in [1.82, 2.24) is 0 Å². The van der Waals surface area contributed by atoms with Crippen molar-refractivity contribution in [2.45, 2.75) is 6.92 Å². The molecule has 0 amide bonds. The van der Waals surface area contributed by atoms with Crippen LogP contribution in [-0.2, 0) is 9.47 Å². The monoisotopic (exact) mass is 224 g/mol. The number of esters is 1. The van der Waals surface area contributed by atoms with Crippen LogP contribution in [0, 0.1) is 0 Å². The predicted molar refractivity (Wildman–Crippen MR) is 55.4 cm³/mol. The van der Waals surface area contributed by atoms with Crippen molar-refractivity contribution < 1.29 is 23.8 Å². The second kappa shape index (κ2) is 5.75. The number of methoxy groups -OCH3 is 1. The van der Waals surface area contributed by atoms with Gasteiger partial charge in [-0.2, -0.15) is 0 Å². The van der Waals surface area contributed by atoms with Gasteiger partial charge in [-0.25, -0.2) is 9.59 Å². The first-order valence-electron chi connectivity index (χ1n) is 4.70. The quantitative estimate of drug-likeness (QED) is 0.580. The Morgan fingerprint density at radius 3 is 2.31 bits per heavy atom. The van der Waals surface area contributed by atoms with E-state index in [1.807, 2.05) is 0 Å². The van der Waals surface area contributed by atoms with Gasteiger partial charge < -0.3 is 14.2 Å². The van der Waals surface area contributed by atoms with Gasteiger partial charge in [-0.05, 0) is 31.2 Å². The van der Waals surface area contributed by atoms with Gasteiger partial charge in [0.25, 0.3) is 0 Å². The molecular weight excluding hydrogens is 212 g/mol. The number of rotatable bonds is 3. The molecule has 0 unspecified atom stereocenters. The van der Waals surface area contributed by atoms with Gasteiger partial charge in [0.15, 0.2) is 0 Å². The molecular formula is C11H12O5. The van der Waals surface area contributed by atoms with E-state index in [-0.39, 0.29) is 0 Å². The molecule has 0 saturated carbocycles. The molecule has 0 atom stereocenters. The summed E-state index contributed by atoms with van der Waals surface area (Å²) in [5.74, 6) is -0.105. The Morgan fingerprint density at radius 1 is 1.19 bits per heavy atom. The number of ether oxygens (including phenoxy) is 3. The summed E-state index contributed by atoms with van der Waals surface area (Å²) in [6.07, 6.45) is -0.802. The van der Waals surface area contributed by atoms with Crippen molar-refractivity contribution in [2.24, 2.45) is 0 Å². The number of carbonyl (C=O) groups is 2. The largest absolute Gasteiger partial charge is 0.513 e. The molecule has 86 valence electrons. The predicted octanol–water partition coefficient (Wildman–Crippen LogP) is 2.01. The molecule has 0 spiro atoms. The fourth-order valence-corrected chi connectivity index (χ4v) is 1.01. The standard InChI is InChI=1S/C11H12O5/c1-3-15-10(12)8-4-6-9(7-5-8)16-11(13)14-2/h4-7H,3H2,1-2H3. The van der Waals surface area contributed by atoms with Crippen LogP contribution >= 0.6 is 0 Å². The molecule has 1 rings (SSSR count). The Kier molecular flexibility index (Phi) is 4.32. The van der Waals surface area contributed by atoms with Gasteiger partial charge in [-0.15, -0.1) is 0 Å². The highest BCUT2D eigenvalue weighted by Crippen LogP contribution is 2.13. The van der Waals surface area contributed by atoms with Gasteiger partial charge in [0, 0.05) is 0 Å². The maximum absolute atomic E-state index is 11.3. The molecule has 0 N–H and O–H groups in total. The zero-order valence-electron chi connectivity index (χ0n) is 9.06. The van der Waals surface area contributed by atoms with Crippen LogP contribution in [0.25, 0.3) is 0 Å². The highest BCUT2D eigenvalue weighted by Gasteiger charge is 2.07. The van der Waals surface area contributed by atoms with E-state index in [1.165, 1.54) is 31.4 Å². The Morgan fingerprint density at radius 2 is 1.81 bits per heavy atom. The first-order chi connectivity index (χ1) is 7.67. The summed E-state index contributed by atoms with van der Waals surface area (Å²) in [6.45, 7) is 2.05. The number of benzene rings is 1. The van der Waals surface area contributed by atoms with Crippen LogP contribution in [0.5, 0.6) is 5.75 Å². The van der Waals surface area contributed by atoms with Gasteiger partial charge in [0.05, 0.1) is 19.3 Å². The summed E-state index contributed by atoms with van der Waals surface area (Å²) >= 11 is 0. The second-order valence-corrected chi connectivity index (χ2v) is 2.80. The molecule has 0 aliphatic heterocycles. The first-order valence-corrected chi connectivity index (χ1v) is 4.70. The summed E-state index contributed by atoms with van der Waals surface area (Å²) in [5.41, 5.74) is 0.402. The van der Waals surface area contributed by atoms with Gasteiger partial charge in [-0.3, -0.25) is 0 Å². The highest BCUT2D eigenvalue weighted by molar-refractivity contribution is 5.89. The maximum Gasteiger partial charge on any atom is 0.513 e. The number of hydrogen-bond donors (Lipinski definition) is 0. The van der Waals surface area contributed by atoms with E-state index in [0.29, 0.717) is 17.9 Å². The molecule has 1 aromatic carbocycles. The molecule has 0 aliphatic rings. The maximum atomic E-state index is 11.3. The van der Waals surface area contributed by atoms with E-state index in [2.05, 4.69) is 4.74 Å². The van der Waals surface area contributed by atoms with E-state index in [1.54, 1.807) is 6.92 Å². The third-order valence-corrected chi connectivity index (χ3v) is 1.73. The van der Waals surface area contributed by atoms with Crippen LogP contribution in [0.1, 0.15) is 17.3 Å². The SMILES string of the molecule is CCOC(=O)c1ccc(OC(=O)OC)cc1. The highest BCUT2D eigenvalue weighted by atomic mass is 16.7. The molecule has 5 nitrogen and oxygen atoms in total. The average molecular weight is 224 g/mol. The van der Waals surface area contributed by atoms with Crippen molar-refractivity contribution in [1.29, 1.82) is 0 Å². The minimum Gasteiger partial charge on any atom is -0.462 e. The summed E-state index contributed by atoms with van der Waals surface area (Å²) < 4.78 is 13.9. The van der Waals surface area contributed by atoms with E-state index in [4.69, 9.17) is 9.47 Å². The van der Waals surface area contributed by atoms with Crippen molar-refractivity contribution in [3.8, 4) is 5.75 Å². The van der Waals surface area contributed by atoms with E-state index in [0.717, 1.165) is 0 Å². The normalized spacial score (nSPS) is 9.38. The average Bonchev–Trinajstić information content (AvgIpc) is 2.30. The third kappa shape index (κ3) is 3.27. The van der Waals surface area contributed by atoms with Crippen molar-refractivity contribution in [2.75, 3.05) is 13.7 Å². The lowest BCUT2D eigenvalue weighted by molar-refractivity contribution is 0.0526. The van der Waals surface area contributed by atoms with Gasteiger partial charge in [0.1, 0.15) is 5.75 Å². The zero-order valence-corrected chi connectivity index (χ0v) is 9.06. The lowest BCUT2D eigenvalue weighted by Crippen LogP contribution is -2.08. The molecule has 0 fully saturated rings. The molecule has 0 saturated heterocycles. The first kappa shape index (κ1) is 12.0. The van der Waals surface area contributed by atoms with Crippen LogP contribution in [0.4, 0.5) is 4.79 Å². The van der Waals surface area contributed by atoms with Gasteiger partial charge >= 0.3 is 12.1 Å². The van der Waals surface area contributed by atoms with Crippen LogP contribution in [0.15, 0.2) is 24.3 Å². The molecule has 0 aromatic heterocycles. The van der Waals surface area contributed by atoms with E-state index >= 15 is 0 Å². The molecule has 0 heterocycles. The van der Waals surface area contributed by atoms with Crippen LogP contribution in [-0.4, -0.2) is 25.8 Å². The van der Waals surface area contributed by atoms with Crippen LogP contribution < -0.4 is 4.74 Å². The van der Waals surface area contributed by atoms with Crippen molar-refractivity contribution in [3.05, 3.63) is 29.8 Å². The smallest absolute Gasteiger partial charge is 0.462 e. The summed E-state index contributed by atoms with van der Waals surface area (Å²) in [7, 11) is 1.22. The fraction of sp³-hybridized carbons (Fsp3) is 0.273. The van der Waals surface area contributed by atoms with Crippen LogP contribution in [0.2, 0.25) is 0 Å². The second-order valence-electron chi connectivity index (χ2n) is 2.80. The molecule has 1 aromatic rings. The molecule has 5 heteroatoms. The summed E-state index contributed by atoms with van der Waals surface area (Å²) in [6, 6.07) is 6.00.